The third kappa shape index (κ3) is 4.84. The average Bonchev–Trinajstić information content (AvgIpc) is 2.18. The van der Waals surface area contributed by atoms with Gasteiger partial charge in [-0.25, -0.2) is 0 Å². The Morgan fingerprint density at radius 2 is 1.60 bits per heavy atom. The zero-order valence-electron chi connectivity index (χ0n) is 9.70. The molecule has 3 heteroatoms. The van der Waals surface area contributed by atoms with Crippen LogP contribution in [-0.4, -0.2) is 39.1 Å². The van der Waals surface area contributed by atoms with Gasteiger partial charge in [0.15, 0.2) is 0 Å². The van der Waals surface area contributed by atoms with E-state index in [0.29, 0.717) is 0 Å². The Morgan fingerprint density at radius 1 is 1.00 bits per heavy atom. The van der Waals surface area contributed by atoms with E-state index in [1.54, 1.807) is 0 Å². The Labute approximate surface area is 106 Å². The van der Waals surface area contributed by atoms with Crippen molar-refractivity contribution in [2.45, 2.75) is 6.42 Å². The van der Waals surface area contributed by atoms with Crippen LogP contribution in [-0.2, 0) is 0 Å². The van der Waals surface area contributed by atoms with Crippen molar-refractivity contribution in [3.63, 3.8) is 0 Å². The minimum atomic E-state index is 1.11. The molecule has 0 aromatic heterocycles. The largest absolute Gasteiger partial charge is 0.375 e. The van der Waals surface area contributed by atoms with Crippen molar-refractivity contribution in [2.75, 3.05) is 39.1 Å². The lowest BCUT2D eigenvalue weighted by Crippen LogP contribution is -2.23. The normalized spacial score (nSPS) is 10.7. The van der Waals surface area contributed by atoms with Crippen molar-refractivity contribution >= 4 is 28.3 Å². The first-order valence-electron chi connectivity index (χ1n) is 5.21. The van der Waals surface area contributed by atoms with Gasteiger partial charge >= 0.3 is 0 Å². The highest BCUT2D eigenvalue weighted by atomic mass is 127. The fourth-order valence-corrected chi connectivity index (χ4v) is 1.81. The lowest BCUT2D eigenvalue weighted by Gasteiger charge is -2.20. The van der Waals surface area contributed by atoms with Crippen LogP contribution < -0.4 is 4.90 Å². The molecule has 0 amide bonds. The third-order valence-corrected chi connectivity index (χ3v) is 3.09. The van der Waals surface area contributed by atoms with Crippen LogP contribution in [0, 0.1) is 3.57 Å². The van der Waals surface area contributed by atoms with Crippen LogP contribution in [0.2, 0.25) is 0 Å². The van der Waals surface area contributed by atoms with E-state index in [0.717, 1.165) is 13.1 Å². The van der Waals surface area contributed by atoms with Gasteiger partial charge in [-0.15, -0.1) is 0 Å². The summed E-state index contributed by atoms with van der Waals surface area (Å²) >= 11 is 2.33. The van der Waals surface area contributed by atoms with Gasteiger partial charge in [0.05, 0.1) is 0 Å². The van der Waals surface area contributed by atoms with Crippen molar-refractivity contribution in [1.82, 2.24) is 4.90 Å². The molecule has 0 saturated heterocycles. The van der Waals surface area contributed by atoms with E-state index in [4.69, 9.17) is 0 Å². The molecule has 2 nitrogen and oxygen atoms in total. The number of hydrogen-bond acceptors (Lipinski definition) is 2. The fraction of sp³-hybridized carbons (Fsp3) is 0.500. The molecule has 84 valence electrons. The first-order chi connectivity index (χ1) is 7.09. The minimum absolute atomic E-state index is 1.11. The van der Waals surface area contributed by atoms with Crippen molar-refractivity contribution in [1.29, 1.82) is 0 Å². The number of benzene rings is 1. The van der Waals surface area contributed by atoms with Crippen LogP contribution in [0.4, 0.5) is 5.69 Å². The summed E-state index contributed by atoms with van der Waals surface area (Å²) in [6, 6.07) is 8.66. The Bertz CT molecular complexity index is 282. The second-order valence-corrected chi connectivity index (χ2v) is 5.30. The molecule has 0 fully saturated rings. The summed E-state index contributed by atoms with van der Waals surface area (Å²) < 4.78 is 1.29. The second kappa shape index (κ2) is 6.33. The van der Waals surface area contributed by atoms with Gasteiger partial charge in [-0.05, 0) is 73.9 Å². The molecule has 0 N–H and O–H groups in total. The van der Waals surface area contributed by atoms with Crippen LogP contribution >= 0.6 is 22.6 Å². The van der Waals surface area contributed by atoms with Crippen LogP contribution in [0.15, 0.2) is 24.3 Å². The summed E-state index contributed by atoms with van der Waals surface area (Å²) in [5, 5.41) is 0. The Balaban J connectivity index is 2.40. The zero-order chi connectivity index (χ0) is 11.3. The summed E-state index contributed by atoms with van der Waals surface area (Å²) in [6.45, 7) is 2.26. The highest BCUT2D eigenvalue weighted by Crippen LogP contribution is 2.14. The maximum Gasteiger partial charge on any atom is 0.0364 e. The number of rotatable bonds is 5. The van der Waals surface area contributed by atoms with Gasteiger partial charge in [0.1, 0.15) is 0 Å². The van der Waals surface area contributed by atoms with E-state index < -0.39 is 0 Å². The molecule has 1 rings (SSSR count). The third-order valence-electron chi connectivity index (χ3n) is 2.37. The second-order valence-electron chi connectivity index (χ2n) is 4.05. The van der Waals surface area contributed by atoms with E-state index >= 15 is 0 Å². The summed E-state index contributed by atoms with van der Waals surface area (Å²) in [7, 11) is 6.38. The number of anilines is 1. The smallest absolute Gasteiger partial charge is 0.0364 e. The summed E-state index contributed by atoms with van der Waals surface area (Å²) in [5.41, 5.74) is 1.30. The molecule has 0 aliphatic heterocycles. The summed E-state index contributed by atoms with van der Waals surface area (Å²) in [5.74, 6) is 0. The predicted molar refractivity (Wildman–Crippen MR) is 75.6 cm³/mol. The molecular formula is C12H19IN2. The Kier molecular flexibility index (Phi) is 5.39. The molecule has 0 spiro atoms. The lowest BCUT2D eigenvalue weighted by atomic mass is 10.3. The fourth-order valence-electron chi connectivity index (χ4n) is 1.45. The van der Waals surface area contributed by atoms with Gasteiger partial charge in [0.25, 0.3) is 0 Å². The van der Waals surface area contributed by atoms with E-state index in [-0.39, 0.29) is 0 Å². The zero-order valence-corrected chi connectivity index (χ0v) is 11.9. The Hall–Kier alpha value is -0.290. The lowest BCUT2D eigenvalue weighted by molar-refractivity contribution is 0.401. The van der Waals surface area contributed by atoms with Gasteiger partial charge in [0, 0.05) is 22.8 Å². The average molecular weight is 318 g/mol. The monoisotopic (exact) mass is 318 g/mol. The highest BCUT2D eigenvalue weighted by Gasteiger charge is 2.00. The molecule has 0 heterocycles. The van der Waals surface area contributed by atoms with E-state index in [1.807, 2.05) is 0 Å². The summed E-state index contributed by atoms with van der Waals surface area (Å²) in [4.78, 5) is 4.53. The first kappa shape index (κ1) is 12.8. The van der Waals surface area contributed by atoms with Gasteiger partial charge < -0.3 is 9.80 Å². The van der Waals surface area contributed by atoms with Crippen LogP contribution in [0.25, 0.3) is 0 Å². The first-order valence-corrected chi connectivity index (χ1v) is 6.29. The van der Waals surface area contributed by atoms with Gasteiger partial charge in [-0.2, -0.15) is 0 Å². The number of halogens is 1. The van der Waals surface area contributed by atoms with E-state index in [2.05, 4.69) is 77.8 Å². The summed E-state index contributed by atoms with van der Waals surface area (Å²) in [6.07, 6.45) is 1.20. The standard InChI is InChI=1S/C12H19IN2/c1-14(2)9-4-10-15(3)12-7-5-11(13)6-8-12/h5-8H,4,9-10H2,1-3H3. The van der Waals surface area contributed by atoms with Crippen molar-refractivity contribution in [2.24, 2.45) is 0 Å². The molecule has 0 saturated carbocycles. The molecule has 0 unspecified atom stereocenters. The SMILES string of the molecule is CN(C)CCCN(C)c1ccc(I)cc1. The van der Waals surface area contributed by atoms with E-state index in [1.165, 1.54) is 15.7 Å². The molecular weight excluding hydrogens is 299 g/mol. The van der Waals surface area contributed by atoms with Crippen LogP contribution in [0.1, 0.15) is 6.42 Å². The van der Waals surface area contributed by atoms with Crippen molar-refractivity contribution in [3.05, 3.63) is 27.8 Å². The quantitative estimate of drug-likeness (QED) is 0.770. The molecule has 0 aliphatic rings. The molecule has 1 aromatic rings. The van der Waals surface area contributed by atoms with Gasteiger partial charge in [-0.1, -0.05) is 0 Å². The molecule has 1 aromatic carbocycles. The maximum absolute atomic E-state index is 2.33. The van der Waals surface area contributed by atoms with Crippen molar-refractivity contribution in [3.8, 4) is 0 Å². The molecule has 0 atom stereocenters. The molecule has 0 radical (unpaired) electrons. The van der Waals surface area contributed by atoms with Crippen LogP contribution in [0.3, 0.4) is 0 Å². The maximum atomic E-state index is 2.33. The Morgan fingerprint density at radius 3 is 2.13 bits per heavy atom. The highest BCUT2D eigenvalue weighted by molar-refractivity contribution is 14.1. The van der Waals surface area contributed by atoms with E-state index in [9.17, 15) is 0 Å². The van der Waals surface area contributed by atoms with Crippen molar-refractivity contribution < 1.29 is 0 Å². The predicted octanol–water partition coefficient (Wildman–Crippen LogP) is 2.68. The van der Waals surface area contributed by atoms with Gasteiger partial charge in [0.2, 0.25) is 0 Å². The molecule has 15 heavy (non-hydrogen) atoms. The van der Waals surface area contributed by atoms with Crippen LogP contribution in [0.5, 0.6) is 0 Å². The minimum Gasteiger partial charge on any atom is -0.375 e. The number of nitrogens with zero attached hydrogens (tertiary/aromatic N) is 2. The number of hydrogen-bond donors (Lipinski definition) is 0. The topological polar surface area (TPSA) is 6.48 Å². The van der Waals surface area contributed by atoms with Gasteiger partial charge in [-0.3, -0.25) is 0 Å². The molecule has 0 aliphatic carbocycles. The molecule has 0 bridgehead atoms.